The van der Waals surface area contributed by atoms with Gasteiger partial charge in [0.25, 0.3) is 5.91 Å². The van der Waals surface area contributed by atoms with Crippen LogP contribution in [0.5, 0.6) is 0 Å². The largest absolute Gasteiger partial charge is 0.382 e. The maximum absolute atomic E-state index is 12.5. The van der Waals surface area contributed by atoms with Gasteiger partial charge in [0.1, 0.15) is 6.10 Å². The highest BCUT2D eigenvalue weighted by Crippen LogP contribution is 2.32. The van der Waals surface area contributed by atoms with E-state index in [2.05, 4.69) is 5.10 Å². The molecule has 0 saturated carbocycles. The van der Waals surface area contributed by atoms with Crippen molar-refractivity contribution in [1.29, 1.82) is 0 Å². The molecule has 2 rings (SSSR count). The molecule has 0 spiro atoms. The van der Waals surface area contributed by atoms with Crippen LogP contribution in [0.3, 0.4) is 0 Å². The number of aromatic nitrogens is 2. The zero-order chi connectivity index (χ0) is 14.5. The van der Waals surface area contributed by atoms with Crippen molar-refractivity contribution in [3.8, 4) is 0 Å². The molecule has 1 amide bonds. The van der Waals surface area contributed by atoms with E-state index in [1.165, 1.54) is 0 Å². The first kappa shape index (κ1) is 15.0. The van der Waals surface area contributed by atoms with Crippen LogP contribution in [-0.4, -0.2) is 53.6 Å². The first-order chi connectivity index (χ1) is 9.63. The summed E-state index contributed by atoms with van der Waals surface area (Å²) in [7, 11) is 3.51. The maximum atomic E-state index is 12.5. The van der Waals surface area contributed by atoms with Gasteiger partial charge in [-0.15, -0.1) is 0 Å². The Morgan fingerprint density at radius 1 is 1.55 bits per heavy atom. The summed E-state index contributed by atoms with van der Waals surface area (Å²) in [4.78, 5) is 14.4. The second-order valence-corrected chi connectivity index (χ2v) is 5.14. The Bertz CT molecular complexity index is 447. The molecule has 0 aromatic carbocycles. The quantitative estimate of drug-likeness (QED) is 0.734. The number of amides is 1. The van der Waals surface area contributed by atoms with E-state index in [-0.39, 0.29) is 11.9 Å². The molecule has 20 heavy (non-hydrogen) atoms. The summed E-state index contributed by atoms with van der Waals surface area (Å²) in [5, 5.41) is 4.19. The molecular weight excluding hydrogens is 258 g/mol. The lowest BCUT2D eigenvalue weighted by molar-refractivity contribution is -0.144. The summed E-state index contributed by atoms with van der Waals surface area (Å²) in [6.45, 7) is 3.53. The first-order valence-corrected chi connectivity index (χ1v) is 7.03. The van der Waals surface area contributed by atoms with Crippen molar-refractivity contribution < 1.29 is 14.3 Å². The molecule has 0 bridgehead atoms. The fourth-order valence-electron chi connectivity index (χ4n) is 2.60. The van der Waals surface area contributed by atoms with Gasteiger partial charge in [-0.1, -0.05) is 0 Å². The highest BCUT2D eigenvalue weighted by atomic mass is 16.5. The van der Waals surface area contributed by atoms with Gasteiger partial charge in [0.2, 0.25) is 0 Å². The molecule has 1 saturated heterocycles. The molecule has 1 aliphatic heterocycles. The Morgan fingerprint density at radius 3 is 3.00 bits per heavy atom. The minimum Gasteiger partial charge on any atom is -0.382 e. The number of likely N-dealkylation sites (tertiary alicyclic amines) is 1. The van der Waals surface area contributed by atoms with Gasteiger partial charge in [0.05, 0.1) is 25.5 Å². The third-order valence-electron chi connectivity index (χ3n) is 3.65. The number of methoxy groups -OCH3 is 1. The van der Waals surface area contributed by atoms with Gasteiger partial charge < -0.3 is 14.4 Å². The fraction of sp³-hybridized carbons (Fsp3) is 0.714. The number of carbonyl (C=O) groups excluding carboxylic acids is 1. The summed E-state index contributed by atoms with van der Waals surface area (Å²) in [6, 6.07) is 0.129. The number of hydrogen-bond donors (Lipinski definition) is 0. The second-order valence-electron chi connectivity index (χ2n) is 5.14. The van der Waals surface area contributed by atoms with Crippen molar-refractivity contribution in [2.24, 2.45) is 7.05 Å². The predicted molar refractivity (Wildman–Crippen MR) is 74.2 cm³/mol. The molecule has 0 radical (unpaired) electrons. The summed E-state index contributed by atoms with van der Waals surface area (Å²) in [5.74, 6) is 0.0486. The minimum atomic E-state index is -0.428. The molecule has 0 N–H and O–H groups in total. The van der Waals surface area contributed by atoms with Crippen LogP contribution < -0.4 is 0 Å². The van der Waals surface area contributed by atoms with E-state index in [1.54, 1.807) is 18.7 Å². The zero-order valence-electron chi connectivity index (χ0n) is 12.4. The van der Waals surface area contributed by atoms with Crippen LogP contribution in [0.1, 0.15) is 31.4 Å². The van der Waals surface area contributed by atoms with Gasteiger partial charge in [-0.05, 0) is 19.8 Å². The lowest BCUT2D eigenvalue weighted by atomic mass is 10.1. The second kappa shape index (κ2) is 6.85. The fourth-order valence-corrected chi connectivity index (χ4v) is 2.60. The van der Waals surface area contributed by atoms with Crippen LogP contribution in [0, 0.1) is 0 Å². The monoisotopic (exact) mass is 281 g/mol. The highest BCUT2D eigenvalue weighted by molar-refractivity contribution is 5.81. The number of rotatable bonds is 6. The number of nitrogens with zero attached hydrogens (tertiary/aromatic N) is 3. The van der Waals surface area contributed by atoms with E-state index in [9.17, 15) is 4.79 Å². The van der Waals surface area contributed by atoms with E-state index in [1.807, 2.05) is 24.3 Å². The van der Waals surface area contributed by atoms with Crippen molar-refractivity contribution in [3.63, 3.8) is 0 Å². The molecule has 2 heterocycles. The number of carbonyl (C=O) groups is 1. The Hall–Kier alpha value is -1.40. The minimum absolute atomic E-state index is 0.0486. The SMILES string of the molecule is COCCOC(C)C(=O)N1CCCC1c1cnn(C)c1. The molecule has 2 atom stereocenters. The van der Waals surface area contributed by atoms with Gasteiger partial charge in [-0.3, -0.25) is 9.48 Å². The lowest BCUT2D eigenvalue weighted by Crippen LogP contribution is -2.39. The van der Waals surface area contributed by atoms with Gasteiger partial charge in [0.15, 0.2) is 0 Å². The van der Waals surface area contributed by atoms with Gasteiger partial charge >= 0.3 is 0 Å². The molecule has 1 aromatic rings. The van der Waals surface area contributed by atoms with Crippen molar-refractivity contribution in [3.05, 3.63) is 18.0 Å². The topological polar surface area (TPSA) is 56.6 Å². The van der Waals surface area contributed by atoms with E-state index < -0.39 is 6.10 Å². The molecule has 0 aliphatic carbocycles. The van der Waals surface area contributed by atoms with Crippen molar-refractivity contribution in [2.45, 2.75) is 31.9 Å². The van der Waals surface area contributed by atoms with E-state index in [4.69, 9.17) is 9.47 Å². The molecule has 1 aromatic heterocycles. The van der Waals surface area contributed by atoms with E-state index >= 15 is 0 Å². The summed E-state index contributed by atoms with van der Waals surface area (Å²) in [5.41, 5.74) is 1.10. The van der Waals surface area contributed by atoms with Gasteiger partial charge in [-0.2, -0.15) is 5.10 Å². The van der Waals surface area contributed by atoms with E-state index in [0.29, 0.717) is 13.2 Å². The van der Waals surface area contributed by atoms with Crippen molar-refractivity contribution >= 4 is 5.91 Å². The molecule has 1 aliphatic rings. The predicted octanol–water partition coefficient (Wildman–Crippen LogP) is 1.14. The lowest BCUT2D eigenvalue weighted by Gasteiger charge is -2.26. The van der Waals surface area contributed by atoms with Crippen LogP contribution in [-0.2, 0) is 21.3 Å². The maximum Gasteiger partial charge on any atom is 0.251 e. The Kier molecular flexibility index (Phi) is 5.14. The van der Waals surface area contributed by atoms with Crippen molar-refractivity contribution in [1.82, 2.24) is 14.7 Å². The Balaban J connectivity index is 1.97. The van der Waals surface area contributed by atoms with Crippen LogP contribution in [0.25, 0.3) is 0 Å². The molecular formula is C14H23N3O3. The third kappa shape index (κ3) is 3.37. The van der Waals surface area contributed by atoms with Crippen LogP contribution in [0.2, 0.25) is 0 Å². The third-order valence-corrected chi connectivity index (χ3v) is 3.65. The smallest absolute Gasteiger partial charge is 0.251 e. The average molecular weight is 281 g/mol. The Labute approximate surface area is 119 Å². The van der Waals surface area contributed by atoms with Crippen LogP contribution in [0.15, 0.2) is 12.4 Å². The van der Waals surface area contributed by atoms with E-state index in [0.717, 1.165) is 24.9 Å². The normalized spacial score (nSPS) is 20.4. The summed E-state index contributed by atoms with van der Waals surface area (Å²) >= 11 is 0. The van der Waals surface area contributed by atoms with Gasteiger partial charge in [-0.25, -0.2) is 0 Å². The standard InChI is InChI=1S/C14H23N3O3/c1-11(20-8-7-19-3)14(18)17-6-4-5-13(17)12-9-15-16(2)10-12/h9-11,13H,4-8H2,1-3H3. The zero-order valence-corrected chi connectivity index (χ0v) is 12.4. The summed E-state index contributed by atoms with van der Waals surface area (Å²) in [6.07, 6.45) is 5.40. The van der Waals surface area contributed by atoms with Gasteiger partial charge in [0, 0.05) is 32.5 Å². The molecule has 6 heteroatoms. The van der Waals surface area contributed by atoms with Crippen molar-refractivity contribution in [2.75, 3.05) is 26.9 Å². The molecule has 6 nitrogen and oxygen atoms in total. The van der Waals surface area contributed by atoms with Crippen LogP contribution >= 0.6 is 0 Å². The number of ether oxygens (including phenoxy) is 2. The molecule has 112 valence electrons. The number of hydrogen-bond acceptors (Lipinski definition) is 4. The summed E-state index contributed by atoms with van der Waals surface area (Å²) < 4.78 is 12.2. The highest BCUT2D eigenvalue weighted by Gasteiger charge is 2.33. The average Bonchev–Trinajstić information content (AvgIpc) is 3.06. The van der Waals surface area contributed by atoms with Crippen LogP contribution in [0.4, 0.5) is 0 Å². The number of aryl methyl sites for hydroxylation is 1. The Morgan fingerprint density at radius 2 is 2.35 bits per heavy atom. The molecule has 1 fully saturated rings. The first-order valence-electron chi connectivity index (χ1n) is 7.03. The molecule has 2 unspecified atom stereocenters.